The van der Waals surface area contributed by atoms with Crippen LogP contribution in [0.4, 0.5) is 0 Å². The summed E-state index contributed by atoms with van der Waals surface area (Å²) in [7, 11) is 0. The molecule has 0 radical (unpaired) electrons. The normalized spacial score (nSPS) is 10.9. The molecule has 0 unspecified atom stereocenters. The van der Waals surface area contributed by atoms with Gasteiger partial charge in [0, 0.05) is 0 Å². The fourth-order valence-corrected chi connectivity index (χ4v) is 2.86. The fraction of sp³-hybridized carbons (Fsp3) is 0.200. The van der Waals surface area contributed by atoms with E-state index in [9.17, 15) is 0 Å². The Morgan fingerprint density at radius 1 is 0.800 bits per heavy atom. The van der Waals surface area contributed by atoms with Crippen molar-refractivity contribution in [3.63, 3.8) is 0 Å². The van der Waals surface area contributed by atoms with Crippen molar-refractivity contribution in [2.75, 3.05) is 0 Å². The second-order valence-corrected chi connectivity index (χ2v) is 5.44. The number of aryl methyl sites for hydroxylation is 2. The summed E-state index contributed by atoms with van der Waals surface area (Å²) in [6.45, 7) is 4.38. The van der Waals surface area contributed by atoms with Gasteiger partial charge in [-0.05, 0) is 40.8 Å². The molecule has 3 aromatic rings. The Bertz CT molecular complexity index is 721. The average Bonchev–Trinajstić information content (AvgIpc) is 2.48. The van der Waals surface area contributed by atoms with Gasteiger partial charge in [-0.3, -0.25) is 0 Å². The lowest BCUT2D eigenvalue weighted by molar-refractivity contribution is 0.925. The minimum Gasteiger partial charge on any atom is -0.0651 e. The first-order chi connectivity index (χ1) is 9.79. The van der Waals surface area contributed by atoms with E-state index >= 15 is 0 Å². The molecule has 0 amide bonds. The first kappa shape index (κ1) is 12.9. The van der Waals surface area contributed by atoms with E-state index in [0.29, 0.717) is 0 Å². The summed E-state index contributed by atoms with van der Waals surface area (Å²) in [6, 6.07) is 22.1. The molecular formula is C20H20. The van der Waals surface area contributed by atoms with Crippen LogP contribution in [0.25, 0.3) is 21.9 Å². The summed E-state index contributed by atoms with van der Waals surface area (Å²) >= 11 is 0. The highest BCUT2D eigenvalue weighted by Crippen LogP contribution is 2.33. The number of fused-ring (bicyclic) bond motifs is 1. The first-order valence-electron chi connectivity index (χ1n) is 7.37. The van der Waals surface area contributed by atoms with Crippen molar-refractivity contribution in [1.29, 1.82) is 0 Å². The molecule has 0 spiro atoms. The van der Waals surface area contributed by atoms with Crippen LogP contribution in [0, 0.1) is 6.92 Å². The predicted octanol–water partition coefficient (Wildman–Crippen LogP) is 5.77. The Balaban J connectivity index is 2.29. The number of hydrogen-bond donors (Lipinski definition) is 0. The number of rotatable bonds is 3. The highest BCUT2D eigenvalue weighted by Gasteiger charge is 2.09. The van der Waals surface area contributed by atoms with E-state index in [4.69, 9.17) is 0 Å². The molecule has 0 saturated heterocycles. The fourth-order valence-electron chi connectivity index (χ4n) is 2.86. The van der Waals surface area contributed by atoms with Crippen LogP contribution in [0.5, 0.6) is 0 Å². The predicted molar refractivity (Wildman–Crippen MR) is 88.1 cm³/mol. The van der Waals surface area contributed by atoms with Gasteiger partial charge in [-0.1, -0.05) is 79.6 Å². The Hall–Kier alpha value is -2.08. The highest BCUT2D eigenvalue weighted by atomic mass is 14.1. The molecule has 0 aliphatic rings. The molecule has 0 fully saturated rings. The third-order valence-electron chi connectivity index (χ3n) is 3.87. The zero-order valence-electron chi connectivity index (χ0n) is 12.2. The average molecular weight is 260 g/mol. The van der Waals surface area contributed by atoms with Crippen LogP contribution in [0.2, 0.25) is 0 Å². The van der Waals surface area contributed by atoms with E-state index in [2.05, 4.69) is 74.5 Å². The summed E-state index contributed by atoms with van der Waals surface area (Å²) in [5, 5.41) is 2.69. The maximum absolute atomic E-state index is 2.29. The van der Waals surface area contributed by atoms with Crippen molar-refractivity contribution in [2.24, 2.45) is 0 Å². The molecule has 3 aromatic carbocycles. The molecule has 0 heteroatoms. The lowest BCUT2D eigenvalue weighted by Gasteiger charge is -2.13. The first-order valence-corrected chi connectivity index (χ1v) is 7.37. The summed E-state index contributed by atoms with van der Waals surface area (Å²) < 4.78 is 0. The number of benzene rings is 3. The summed E-state index contributed by atoms with van der Waals surface area (Å²) in [5.74, 6) is 0. The largest absolute Gasteiger partial charge is 0.0651 e. The maximum atomic E-state index is 2.29. The van der Waals surface area contributed by atoms with Crippen LogP contribution in [0.1, 0.15) is 24.5 Å². The van der Waals surface area contributed by atoms with Crippen molar-refractivity contribution < 1.29 is 0 Å². The summed E-state index contributed by atoms with van der Waals surface area (Å²) in [5.41, 5.74) is 5.50. The third-order valence-corrected chi connectivity index (χ3v) is 3.87. The molecule has 20 heavy (non-hydrogen) atoms. The molecular weight excluding hydrogens is 240 g/mol. The van der Waals surface area contributed by atoms with Crippen LogP contribution in [0.3, 0.4) is 0 Å². The topological polar surface area (TPSA) is 0 Å². The van der Waals surface area contributed by atoms with E-state index in [-0.39, 0.29) is 0 Å². The van der Waals surface area contributed by atoms with Crippen molar-refractivity contribution >= 4 is 10.8 Å². The van der Waals surface area contributed by atoms with E-state index in [1.54, 1.807) is 0 Å². The SMILES string of the molecule is CCCc1ccc2ccccc2c1-c1ccc(C)cc1. The van der Waals surface area contributed by atoms with Crippen LogP contribution in [-0.2, 0) is 6.42 Å². The molecule has 100 valence electrons. The molecule has 0 heterocycles. The van der Waals surface area contributed by atoms with Gasteiger partial charge in [0.05, 0.1) is 0 Å². The molecule has 0 nitrogen and oxygen atoms in total. The standard InChI is InChI=1S/C20H20/c1-3-6-17-14-13-16-7-4-5-8-19(16)20(17)18-11-9-15(2)10-12-18/h4-5,7-14H,3,6H2,1-2H3. The monoisotopic (exact) mass is 260 g/mol. The maximum Gasteiger partial charge on any atom is -0.00733 e. The Labute approximate surface area is 121 Å². The van der Waals surface area contributed by atoms with Gasteiger partial charge in [-0.25, -0.2) is 0 Å². The van der Waals surface area contributed by atoms with Crippen molar-refractivity contribution in [3.8, 4) is 11.1 Å². The third kappa shape index (κ3) is 2.34. The van der Waals surface area contributed by atoms with E-state index < -0.39 is 0 Å². The van der Waals surface area contributed by atoms with Gasteiger partial charge in [-0.15, -0.1) is 0 Å². The van der Waals surface area contributed by atoms with Gasteiger partial charge in [0.2, 0.25) is 0 Å². The summed E-state index contributed by atoms with van der Waals surface area (Å²) in [4.78, 5) is 0. The van der Waals surface area contributed by atoms with Crippen molar-refractivity contribution in [1.82, 2.24) is 0 Å². The van der Waals surface area contributed by atoms with Gasteiger partial charge >= 0.3 is 0 Å². The molecule has 0 bridgehead atoms. The Morgan fingerprint density at radius 2 is 1.55 bits per heavy atom. The quantitative estimate of drug-likeness (QED) is 0.561. The summed E-state index contributed by atoms with van der Waals surface area (Å²) in [6.07, 6.45) is 2.31. The van der Waals surface area contributed by atoms with Gasteiger partial charge in [0.1, 0.15) is 0 Å². The molecule has 3 rings (SSSR count). The highest BCUT2D eigenvalue weighted by molar-refractivity contribution is 5.98. The van der Waals surface area contributed by atoms with Crippen LogP contribution >= 0.6 is 0 Å². The Kier molecular flexibility index (Phi) is 3.56. The van der Waals surface area contributed by atoms with Gasteiger partial charge in [-0.2, -0.15) is 0 Å². The lowest BCUT2D eigenvalue weighted by atomic mass is 9.91. The van der Waals surface area contributed by atoms with Gasteiger partial charge < -0.3 is 0 Å². The van der Waals surface area contributed by atoms with E-state index in [1.165, 1.54) is 39.4 Å². The molecule has 0 atom stereocenters. The lowest BCUT2D eigenvalue weighted by Crippen LogP contribution is -1.91. The van der Waals surface area contributed by atoms with Crippen LogP contribution in [-0.4, -0.2) is 0 Å². The molecule has 0 saturated carbocycles. The minimum absolute atomic E-state index is 1.13. The number of hydrogen-bond acceptors (Lipinski definition) is 0. The van der Waals surface area contributed by atoms with E-state index in [1.807, 2.05) is 0 Å². The molecule has 0 aromatic heterocycles. The Morgan fingerprint density at radius 3 is 2.30 bits per heavy atom. The molecule has 0 N–H and O–H groups in total. The zero-order chi connectivity index (χ0) is 13.9. The van der Waals surface area contributed by atoms with Gasteiger partial charge in [0.25, 0.3) is 0 Å². The van der Waals surface area contributed by atoms with Gasteiger partial charge in [0.15, 0.2) is 0 Å². The zero-order valence-corrected chi connectivity index (χ0v) is 12.2. The van der Waals surface area contributed by atoms with Crippen LogP contribution < -0.4 is 0 Å². The second-order valence-electron chi connectivity index (χ2n) is 5.44. The van der Waals surface area contributed by atoms with Crippen LogP contribution in [0.15, 0.2) is 60.7 Å². The second kappa shape index (κ2) is 5.50. The molecule has 0 aliphatic carbocycles. The minimum atomic E-state index is 1.13. The van der Waals surface area contributed by atoms with Crippen molar-refractivity contribution in [3.05, 3.63) is 71.8 Å². The van der Waals surface area contributed by atoms with Crippen molar-refractivity contribution in [2.45, 2.75) is 26.7 Å². The smallest absolute Gasteiger partial charge is 0.00733 e. The molecule has 0 aliphatic heterocycles. The van der Waals surface area contributed by atoms with E-state index in [0.717, 1.165) is 6.42 Å².